The Kier molecular flexibility index (Phi) is 8.95. The zero-order valence-corrected chi connectivity index (χ0v) is 20.8. The van der Waals surface area contributed by atoms with Gasteiger partial charge in [-0.25, -0.2) is 13.6 Å². The first-order valence-corrected chi connectivity index (χ1v) is 11.8. The second kappa shape index (κ2) is 11.9. The van der Waals surface area contributed by atoms with Crippen LogP contribution in [0.1, 0.15) is 37.3 Å². The van der Waals surface area contributed by atoms with Gasteiger partial charge in [-0.1, -0.05) is 19.1 Å². The average molecular weight is 507 g/mol. The summed E-state index contributed by atoms with van der Waals surface area (Å²) < 4.78 is 43.6. The summed E-state index contributed by atoms with van der Waals surface area (Å²) in [6.45, 7) is 2.56. The van der Waals surface area contributed by atoms with E-state index in [1.54, 1.807) is 46.2 Å². The van der Waals surface area contributed by atoms with Crippen molar-refractivity contribution in [3.8, 4) is 17.2 Å². The largest absolute Gasteiger partial charge is 0.496 e. The van der Waals surface area contributed by atoms with Crippen molar-refractivity contribution in [3.05, 3.63) is 47.5 Å². The Bertz CT molecular complexity index is 1080. The second-order valence-corrected chi connectivity index (χ2v) is 8.57. The molecule has 1 saturated heterocycles. The topological polar surface area (TPSA) is 88.5 Å². The second-order valence-electron chi connectivity index (χ2n) is 8.57. The summed E-state index contributed by atoms with van der Waals surface area (Å²) >= 11 is 0. The summed E-state index contributed by atoms with van der Waals surface area (Å²) in [6, 6.07) is 9.96. The molecule has 1 aliphatic heterocycles. The van der Waals surface area contributed by atoms with Crippen molar-refractivity contribution in [2.24, 2.45) is 0 Å². The molecule has 0 unspecified atom stereocenters. The molecule has 8 nitrogen and oxygen atoms in total. The van der Waals surface area contributed by atoms with Crippen molar-refractivity contribution in [2.75, 3.05) is 38.8 Å². The van der Waals surface area contributed by atoms with E-state index in [1.807, 2.05) is 0 Å². The Hall–Kier alpha value is -3.56. The lowest BCUT2D eigenvalue weighted by molar-refractivity contribution is -0.136. The highest BCUT2D eigenvalue weighted by Crippen LogP contribution is 2.34. The normalized spacial score (nSPS) is 14.1. The fourth-order valence-electron chi connectivity index (χ4n) is 4.01. The molecule has 36 heavy (non-hydrogen) atoms. The number of aliphatic carboxylic acids is 1. The summed E-state index contributed by atoms with van der Waals surface area (Å²) in [5.74, 6) is -2.54. The minimum Gasteiger partial charge on any atom is -0.496 e. The third-order valence-corrected chi connectivity index (χ3v) is 6.08. The van der Waals surface area contributed by atoms with Crippen molar-refractivity contribution in [3.63, 3.8) is 0 Å². The number of amides is 2. The summed E-state index contributed by atoms with van der Waals surface area (Å²) in [4.78, 5) is 27.7. The molecule has 0 aliphatic carbocycles. The van der Waals surface area contributed by atoms with Gasteiger partial charge in [0.1, 0.15) is 5.75 Å². The van der Waals surface area contributed by atoms with Crippen LogP contribution in [0.4, 0.5) is 19.3 Å². The van der Waals surface area contributed by atoms with Gasteiger partial charge in [0.2, 0.25) is 0 Å². The van der Waals surface area contributed by atoms with Crippen LogP contribution in [0, 0.1) is 0 Å². The van der Waals surface area contributed by atoms with Gasteiger partial charge in [0.15, 0.2) is 11.5 Å². The first-order valence-electron chi connectivity index (χ1n) is 11.8. The predicted molar refractivity (Wildman–Crippen MR) is 130 cm³/mol. The first kappa shape index (κ1) is 27.0. The molecule has 0 saturated carbocycles. The highest BCUT2D eigenvalue weighted by Gasteiger charge is 2.29. The lowest BCUT2D eigenvalue weighted by Crippen LogP contribution is -2.49. The van der Waals surface area contributed by atoms with Crippen LogP contribution in [0.15, 0.2) is 36.4 Å². The number of alkyl halides is 2. The molecule has 2 aromatic carbocycles. The van der Waals surface area contributed by atoms with Gasteiger partial charge >= 0.3 is 12.0 Å². The number of carbonyl (C=O) groups excluding carboxylic acids is 1. The molecule has 3 rings (SSSR count). The fourth-order valence-corrected chi connectivity index (χ4v) is 4.01. The fraction of sp³-hybridized carbons (Fsp3) is 0.462. The van der Waals surface area contributed by atoms with Crippen LogP contribution in [0.5, 0.6) is 17.2 Å². The van der Waals surface area contributed by atoms with Crippen molar-refractivity contribution < 1.29 is 37.7 Å². The smallest absolute Gasteiger partial charge is 0.324 e. The molecule has 1 N–H and O–H groups in total. The highest BCUT2D eigenvalue weighted by atomic mass is 19.3. The standard InChI is InChI=1S/C26H32F2N2O6/c1-4-26(27,28)10-13-36-23-16-20(8-9-21(23)34-2)30-12-5-11-29(25(30)33)17-19-7-6-18(15-24(31)32)14-22(19)35-3/h6-9,14,16H,4-5,10-13,15,17H2,1-3H3,(H,31,32). The molecule has 0 aromatic heterocycles. The zero-order chi connectivity index (χ0) is 26.3. The molecule has 1 fully saturated rings. The van der Waals surface area contributed by atoms with Crippen molar-refractivity contribution >= 4 is 17.7 Å². The number of benzene rings is 2. The number of methoxy groups -OCH3 is 2. The Labute approximate surface area is 209 Å². The lowest BCUT2D eigenvalue weighted by Gasteiger charge is -2.36. The van der Waals surface area contributed by atoms with Crippen LogP contribution in [0.3, 0.4) is 0 Å². The van der Waals surface area contributed by atoms with E-state index in [4.69, 9.17) is 19.3 Å². The maximum absolute atomic E-state index is 13.6. The minimum absolute atomic E-state index is 0.120. The number of carboxylic acids is 1. The van der Waals surface area contributed by atoms with Crippen LogP contribution in [0.2, 0.25) is 0 Å². The third-order valence-electron chi connectivity index (χ3n) is 6.08. The molecule has 0 spiro atoms. The van der Waals surface area contributed by atoms with Gasteiger partial charge < -0.3 is 24.2 Å². The summed E-state index contributed by atoms with van der Waals surface area (Å²) in [5.41, 5.74) is 1.95. The Morgan fingerprint density at radius 2 is 1.81 bits per heavy atom. The third kappa shape index (κ3) is 6.77. The maximum atomic E-state index is 13.6. The number of hydrogen-bond acceptors (Lipinski definition) is 5. The number of halogens is 2. The van der Waals surface area contributed by atoms with Crippen LogP contribution in [-0.4, -0.2) is 61.8 Å². The van der Waals surface area contributed by atoms with E-state index in [-0.39, 0.29) is 32.0 Å². The van der Waals surface area contributed by atoms with Crippen LogP contribution < -0.4 is 19.1 Å². The number of carboxylic acid groups (broad SMARTS) is 1. The van der Waals surface area contributed by atoms with Gasteiger partial charge in [0.05, 0.1) is 33.8 Å². The number of ether oxygens (including phenoxy) is 3. The van der Waals surface area contributed by atoms with E-state index >= 15 is 0 Å². The van der Waals surface area contributed by atoms with Crippen molar-refractivity contribution in [2.45, 2.75) is 45.1 Å². The zero-order valence-electron chi connectivity index (χ0n) is 20.8. The predicted octanol–water partition coefficient (Wildman–Crippen LogP) is 4.98. The quantitative estimate of drug-likeness (QED) is 0.437. The summed E-state index contributed by atoms with van der Waals surface area (Å²) in [7, 11) is 2.97. The van der Waals surface area contributed by atoms with Gasteiger partial charge in [-0.3, -0.25) is 9.69 Å². The van der Waals surface area contributed by atoms with Crippen LogP contribution in [0.25, 0.3) is 0 Å². The average Bonchev–Trinajstić information content (AvgIpc) is 2.85. The Balaban J connectivity index is 1.75. The maximum Gasteiger partial charge on any atom is 0.324 e. The number of hydrogen-bond donors (Lipinski definition) is 1. The van der Waals surface area contributed by atoms with Crippen molar-refractivity contribution in [1.29, 1.82) is 0 Å². The van der Waals surface area contributed by atoms with Crippen LogP contribution in [-0.2, 0) is 17.8 Å². The summed E-state index contributed by atoms with van der Waals surface area (Å²) in [6.07, 6.45) is -0.0831. The van der Waals surface area contributed by atoms with E-state index in [1.165, 1.54) is 21.1 Å². The molecule has 2 aromatic rings. The molecule has 10 heteroatoms. The van der Waals surface area contributed by atoms with E-state index < -0.39 is 18.3 Å². The number of anilines is 1. The van der Waals surface area contributed by atoms with Gasteiger partial charge in [-0.2, -0.15) is 0 Å². The van der Waals surface area contributed by atoms with E-state index in [2.05, 4.69) is 0 Å². The number of nitrogens with zero attached hydrogens (tertiary/aromatic N) is 2. The molecule has 196 valence electrons. The van der Waals surface area contributed by atoms with E-state index in [9.17, 15) is 18.4 Å². The Morgan fingerprint density at radius 3 is 2.47 bits per heavy atom. The van der Waals surface area contributed by atoms with Gasteiger partial charge in [-0.15, -0.1) is 0 Å². The first-order chi connectivity index (χ1) is 17.2. The molecule has 2 amide bonds. The number of carbonyl (C=O) groups is 2. The van der Waals surface area contributed by atoms with E-state index in [0.29, 0.717) is 41.6 Å². The molecule has 1 aliphatic rings. The molecule has 1 heterocycles. The van der Waals surface area contributed by atoms with Gasteiger partial charge in [-0.05, 0) is 30.2 Å². The molecular formula is C26H32F2N2O6. The molecule has 0 atom stereocenters. The van der Waals surface area contributed by atoms with Crippen molar-refractivity contribution in [1.82, 2.24) is 4.90 Å². The molecule has 0 radical (unpaired) electrons. The van der Waals surface area contributed by atoms with Crippen LogP contribution >= 0.6 is 0 Å². The monoisotopic (exact) mass is 506 g/mol. The minimum atomic E-state index is -2.80. The van der Waals surface area contributed by atoms with Gasteiger partial charge in [0.25, 0.3) is 5.92 Å². The van der Waals surface area contributed by atoms with E-state index in [0.717, 1.165) is 12.0 Å². The SMILES string of the molecule is CCC(F)(F)CCOc1cc(N2CCCN(Cc3ccc(CC(=O)O)cc3OC)C2=O)ccc1OC. The lowest BCUT2D eigenvalue weighted by atomic mass is 10.1. The molecule has 0 bridgehead atoms. The Morgan fingerprint density at radius 1 is 1.06 bits per heavy atom. The summed E-state index contributed by atoms with van der Waals surface area (Å²) in [5, 5.41) is 9.03. The highest BCUT2D eigenvalue weighted by molar-refractivity contribution is 5.93. The van der Waals surface area contributed by atoms with Gasteiger partial charge in [0, 0.05) is 43.2 Å². The number of urea groups is 1. The number of rotatable bonds is 12. The molecular weight excluding hydrogens is 474 g/mol.